The molecule has 2 rings (SSSR count). The number of ketones is 2. The largest absolute Gasteiger partial charge is 0.355 e. The molecule has 0 unspecified atom stereocenters. The van der Waals surface area contributed by atoms with E-state index >= 15 is 0 Å². The first-order valence-electron chi connectivity index (χ1n) is 13.1. The zero-order chi connectivity index (χ0) is 23.0. The zero-order valence-electron chi connectivity index (χ0n) is 20.7. The second-order valence-corrected chi connectivity index (χ2v) is 10.9. The van der Waals surface area contributed by atoms with Crippen molar-refractivity contribution >= 4 is 17.5 Å². The van der Waals surface area contributed by atoms with Gasteiger partial charge in [-0.1, -0.05) is 111 Å². The monoisotopic (exact) mass is 433 g/mol. The molecule has 1 N–H and O–H groups in total. The van der Waals surface area contributed by atoms with Gasteiger partial charge in [0.2, 0.25) is 17.5 Å². The van der Waals surface area contributed by atoms with Crippen LogP contribution in [0.15, 0.2) is 0 Å². The molecule has 2 aliphatic rings. The third-order valence-electron chi connectivity index (χ3n) is 8.74. The van der Waals surface area contributed by atoms with Crippen LogP contribution in [0.4, 0.5) is 0 Å². The van der Waals surface area contributed by atoms with Gasteiger partial charge in [-0.25, -0.2) is 0 Å². The van der Waals surface area contributed by atoms with E-state index in [0.29, 0.717) is 19.4 Å². The second kappa shape index (κ2) is 11.6. The number of carbonyl (C=O) groups excluding carboxylic acids is 3. The van der Waals surface area contributed by atoms with Crippen LogP contribution in [0, 0.1) is 16.2 Å². The van der Waals surface area contributed by atoms with Gasteiger partial charge in [-0.05, 0) is 24.7 Å². The third-order valence-corrected chi connectivity index (χ3v) is 8.74. The van der Waals surface area contributed by atoms with Crippen LogP contribution >= 0.6 is 0 Å². The summed E-state index contributed by atoms with van der Waals surface area (Å²) in [6.07, 6.45) is 19.4. The molecular formula is C27H47NO3. The quantitative estimate of drug-likeness (QED) is 0.170. The van der Waals surface area contributed by atoms with Gasteiger partial charge in [-0.2, -0.15) is 0 Å². The van der Waals surface area contributed by atoms with Gasteiger partial charge in [0.15, 0.2) is 0 Å². The van der Waals surface area contributed by atoms with Crippen LogP contribution in [-0.4, -0.2) is 24.0 Å². The highest BCUT2D eigenvalue weighted by Gasteiger charge is 2.77. The van der Waals surface area contributed by atoms with Gasteiger partial charge in [0, 0.05) is 12.0 Å². The Morgan fingerprint density at radius 3 is 1.58 bits per heavy atom. The van der Waals surface area contributed by atoms with Gasteiger partial charge >= 0.3 is 0 Å². The van der Waals surface area contributed by atoms with Crippen molar-refractivity contribution in [1.29, 1.82) is 0 Å². The average molecular weight is 434 g/mol. The molecule has 4 nitrogen and oxygen atoms in total. The average Bonchev–Trinajstić information content (AvgIpc) is 3.02. The Bertz CT molecular complexity index is 626. The molecule has 2 saturated carbocycles. The molecule has 2 bridgehead atoms. The van der Waals surface area contributed by atoms with Crippen molar-refractivity contribution in [1.82, 2.24) is 5.32 Å². The minimum Gasteiger partial charge on any atom is -0.355 e. The highest BCUT2D eigenvalue weighted by molar-refractivity contribution is 6.48. The smallest absolute Gasteiger partial charge is 0.234 e. The molecule has 0 spiro atoms. The number of Topliss-reactive ketones (excluding diaryl/α,β-unsaturated/α-hetero) is 2. The summed E-state index contributed by atoms with van der Waals surface area (Å²) in [6, 6.07) is 0. The number of rotatable bonds is 16. The van der Waals surface area contributed by atoms with E-state index in [0.717, 1.165) is 12.8 Å². The summed E-state index contributed by atoms with van der Waals surface area (Å²) < 4.78 is 0. The number of hydrogen-bond donors (Lipinski definition) is 1. The fourth-order valence-electron chi connectivity index (χ4n) is 5.95. The molecule has 0 aliphatic heterocycles. The molecule has 4 heteroatoms. The molecule has 0 aromatic carbocycles. The second-order valence-electron chi connectivity index (χ2n) is 10.9. The standard InChI is InChI=1S/C27H47NO3/c1-5-6-7-8-9-10-11-12-13-14-15-16-17-18-21-28-24(31)27-20-19-26(4,25(27,2)3)22(29)23(27)30/h5-21H2,1-4H3,(H,28,31)/t26-,27+/m1/s1. The van der Waals surface area contributed by atoms with E-state index in [1.54, 1.807) is 0 Å². The van der Waals surface area contributed by atoms with Gasteiger partial charge in [0.1, 0.15) is 5.41 Å². The van der Waals surface area contributed by atoms with Crippen LogP contribution in [0.25, 0.3) is 0 Å². The Labute approximate surface area is 190 Å². The lowest BCUT2D eigenvalue weighted by Crippen LogP contribution is -2.50. The highest BCUT2D eigenvalue weighted by atomic mass is 16.2. The molecule has 0 saturated heterocycles. The number of hydrogen-bond acceptors (Lipinski definition) is 3. The number of carbonyl (C=O) groups is 3. The Hall–Kier alpha value is -1.19. The molecule has 2 fully saturated rings. The zero-order valence-corrected chi connectivity index (χ0v) is 20.7. The van der Waals surface area contributed by atoms with E-state index in [-0.39, 0.29) is 11.7 Å². The molecule has 2 atom stereocenters. The maximum Gasteiger partial charge on any atom is 0.234 e. The lowest BCUT2D eigenvalue weighted by molar-refractivity contribution is -0.149. The predicted octanol–water partition coefficient (Wildman–Crippen LogP) is 6.55. The highest BCUT2D eigenvalue weighted by Crippen LogP contribution is 2.68. The number of amides is 1. The predicted molar refractivity (Wildman–Crippen MR) is 127 cm³/mol. The van der Waals surface area contributed by atoms with Crippen LogP contribution in [-0.2, 0) is 14.4 Å². The first-order valence-corrected chi connectivity index (χ1v) is 13.1. The summed E-state index contributed by atoms with van der Waals surface area (Å²) in [4.78, 5) is 38.2. The van der Waals surface area contributed by atoms with Crippen LogP contribution in [0.1, 0.15) is 130 Å². The maximum atomic E-state index is 13.0. The van der Waals surface area contributed by atoms with Gasteiger partial charge in [-0.3, -0.25) is 14.4 Å². The lowest BCUT2D eigenvalue weighted by Gasteiger charge is -2.37. The molecule has 1 amide bonds. The summed E-state index contributed by atoms with van der Waals surface area (Å²) >= 11 is 0. The Morgan fingerprint density at radius 1 is 0.710 bits per heavy atom. The summed E-state index contributed by atoms with van der Waals surface area (Å²) in [5, 5.41) is 3.00. The number of unbranched alkanes of at least 4 members (excludes halogenated alkanes) is 13. The number of nitrogens with one attached hydrogen (secondary N) is 1. The van der Waals surface area contributed by atoms with Crippen molar-refractivity contribution in [3.05, 3.63) is 0 Å². The Morgan fingerprint density at radius 2 is 1.16 bits per heavy atom. The molecule has 2 aliphatic carbocycles. The summed E-state index contributed by atoms with van der Waals surface area (Å²) in [5.74, 6) is -1.01. The van der Waals surface area contributed by atoms with E-state index in [9.17, 15) is 14.4 Å². The minimum absolute atomic E-state index is 0.216. The van der Waals surface area contributed by atoms with Crippen molar-refractivity contribution in [3.8, 4) is 0 Å². The van der Waals surface area contributed by atoms with Crippen LogP contribution in [0.5, 0.6) is 0 Å². The Balaban J connectivity index is 1.52. The summed E-state index contributed by atoms with van der Waals surface area (Å²) in [7, 11) is 0. The first-order chi connectivity index (χ1) is 14.8. The summed E-state index contributed by atoms with van der Waals surface area (Å²) in [5.41, 5.74) is -2.43. The fourth-order valence-corrected chi connectivity index (χ4v) is 5.95. The minimum atomic E-state index is -1.14. The van der Waals surface area contributed by atoms with Gasteiger partial charge < -0.3 is 5.32 Å². The van der Waals surface area contributed by atoms with E-state index in [1.807, 2.05) is 20.8 Å². The maximum absolute atomic E-state index is 13.0. The van der Waals surface area contributed by atoms with Crippen molar-refractivity contribution in [2.45, 2.75) is 130 Å². The van der Waals surface area contributed by atoms with Gasteiger partial charge in [-0.15, -0.1) is 0 Å². The number of fused-ring (bicyclic) bond motifs is 2. The lowest BCUT2D eigenvalue weighted by atomic mass is 9.64. The van der Waals surface area contributed by atoms with Crippen molar-refractivity contribution < 1.29 is 14.4 Å². The van der Waals surface area contributed by atoms with Crippen LogP contribution in [0.2, 0.25) is 0 Å². The molecule has 0 heterocycles. The fraction of sp³-hybridized carbons (Fsp3) is 0.889. The van der Waals surface area contributed by atoms with E-state index in [4.69, 9.17) is 0 Å². The molecule has 0 aromatic heterocycles. The van der Waals surface area contributed by atoms with Gasteiger partial charge in [0.05, 0.1) is 0 Å². The van der Waals surface area contributed by atoms with Crippen LogP contribution < -0.4 is 5.32 Å². The molecule has 178 valence electrons. The normalized spacial score (nSPS) is 26.6. The summed E-state index contributed by atoms with van der Waals surface area (Å²) in [6.45, 7) is 8.58. The van der Waals surface area contributed by atoms with Crippen LogP contribution in [0.3, 0.4) is 0 Å². The molecular weight excluding hydrogens is 386 g/mol. The van der Waals surface area contributed by atoms with E-state index in [1.165, 1.54) is 77.0 Å². The van der Waals surface area contributed by atoms with Gasteiger partial charge in [0.25, 0.3) is 0 Å². The third kappa shape index (κ3) is 5.25. The van der Waals surface area contributed by atoms with Crippen molar-refractivity contribution in [2.75, 3.05) is 6.54 Å². The Kier molecular flexibility index (Phi) is 9.76. The first kappa shape index (κ1) is 26.1. The van der Waals surface area contributed by atoms with Crippen molar-refractivity contribution in [2.24, 2.45) is 16.2 Å². The SMILES string of the molecule is CCCCCCCCCCCCCCCCNC(=O)[C@]12CC[C@](C)(C(=O)C1=O)C2(C)C. The van der Waals surface area contributed by atoms with E-state index < -0.39 is 22.0 Å². The topological polar surface area (TPSA) is 63.2 Å². The van der Waals surface area contributed by atoms with Crippen molar-refractivity contribution in [3.63, 3.8) is 0 Å². The van der Waals surface area contributed by atoms with E-state index in [2.05, 4.69) is 12.2 Å². The molecule has 0 aromatic rings. The molecule has 0 radical (unpaired) electrons. The molecule has 31 heavy (non-hydrogen) atoms.